The normalized spacial score (nSPS) is 14.7. The molecule has 0 aromatic rings. The molecule has 1 amide bonds. The van der Waals surface area contributed by atoms with Crippen molar-refractivity contribution in [1.82, 2.24) is 5.32 Å². The Hall–Kier alpha value is -2.58. The molecular weight excluding hydrogens is 876 g/mol. The van der Waals surface area contributed by atoms with Crippen molar-refractivity contribution in [3.05, 3.63) is 97.2 Å². The van der Waals surface area contributed by atoms with E-state index in [1.54, 1.807) is 6.08 Å². The molecule has 0 spiro atoms. The molecule has 0 radical (unpaired) electrons. The maximum absolute atomic E-state index is 13.0. The standard InChI is InChI=1S/C60H107N2O6P/c1-6-8-10-12-14-16-18-20-22-24-26-28-29-30-31-32-33-34-36-38-40-42-44-46-48-50-52-54-60(64)61-58(57-68-69(65,66)67-56-55-62(3,4)5)59(63)53-51-49-47-45-43-41-39-37-35-27-25-23-21-19-17-15-13-11-9-7-2/h8,10,14,16,20,22,26,28,30-31,33-34,38,40,51,53,58-59,63H,6-7,9,11-13,15,17-19,21,23-25,27,29,32,35-37,39,41-50,52,54-57H2,1-5H3,(H-,61,64,65,66)/p+1/b10-8-,16-14-,22-20-,28-26-,31-30-,34-33-,40-38-,53-51+. The highest BCUT2D eigenvalue weighted by molar-refractivity contribution is 7.47. The number of carbonyl (C=O) groups excluding carboxylic acids is 1. The minimum atomic E-state index is -4.36. The van der Waals surface area contributed by atoms with Crippen molar-refractivity contribution in [1.29, 1.82) is 0 Å². The number of hydrogen-bond donors (Lipinski definition) is 3. The summed E-state index contributed by atoms with van der Waals surface area (Å²) < 4.78 is 23.7. The molecule has 3 atom stereocenters. The number of allylic oxidation sites excluding steroid dienone is 15. The van der Waals surface area contributed by atoms with E-state index in [-0.39, 0.29) is 19.1 Å². The van der Waals surface area contributed by atoms with E-state index >= 15 is 0 Å². The lowest BCUT2D eigenvalue weighted by Gasteiger charge is -2.25. The van der Waals surface area contributed by atoms with E-state index in [0.29, 0.717) is 17.4 Å². The van der Waals surface area contributed by atoms with Crippen LogP contribution < -0.4 is 5.32 Å². The molecule has 0 aromatic heterocycles. The van der Waals surface area contributed by atoms with Crippen molar-refractivity contribution in [2.24, 2.45) is 0 Å². The van der Waals surface area contributed by atoms with Crippen molar-refractivity contribution < 1.29 is 32.9 Å². The molecule has 398 valence electrons. The van der Waals surface area contributed by atoms with E-state index in [2.05, 4.69) is 104 Å². The van der Waals surface area contributed by atoms with Gasteiger partial charge in [-0.25, -0.2) is 4.57 Å². The van der Waals surface area contributed by atoms with Gasteiger partial charge in [0.15, 0.2) is 0 Å². The van der Waals surface area contributed by atoms with Gasteiger partial charge >= 0.3 is 7.82 Å². The second-order valence-electron chi connectivity index (χ2n) is 19.9. The second kappa shape index (κ2) is 50.4. The van der Waals surface area contributed by atoms with Crippen LogP contribution >= 0.6 is 7.82 Å². The highest BCUT2D eigenvalue weighted by atomic mass is 31.2. The van der Waals surface area contributed by atoms with E-state index < -0.39 is 20.0 Å². The Morgan fingerprint density at radius 3 is 1.28 bits per heavy atom. The maximum atomic E-state index is 13.0. The molecule has 0 saturated carbocycles. The molecule has 0 heterocycles. The number of likely N-dealkylation sites (N-methyl/N-ethyl adjacent to an activating group) is 1. The van der Waals surface area contributed by atoms with Crippen LogP contribution in [-0.2, 0) is 18.4 Å². The van der Waals surface area contributed by atoms with Gasteiger partial charge in [0.25, 0.3) is 0 Å². The van der Waals surface area contributed by atoms with Gasteiger partial charge in [-0.15, -0.1) is 0 Å². The van der Waals surface area contributed by atoms with Crippen molar-refractivity contribution in [2.75, 3.05) is 40.9 Å². The summed E-state index contributed by atoms with van der Waals surface area (Å²) in [6, 6.07) is -0.865. The van der Waals surface area contributed by atoms with Crippen LogP contribution in [0.25, 0.3) is 0 Å². The summed E-state index contributed by atoms with van der Waals surface area (Å²) in [5.41, 5.74) is 0. The molecule has 0 aliphatic heterocycles. The lowest BCUT2D eigenvalue weighted by atomic mass is 10.0. The zero-order valence-electron chi connectivity index (χ0n) is 45.3. The predicted octanol–water partition coefficient (Wildman–Crippen LogP) is 17.0. The molecule has 0 fully saturated rings. The third-order valence-electron chi connectivity index (χ3n) is 12.1. The Kier molecular flexibility index (Phi) is 48.5. The lowest BCUT2D eigenvalue weighted by Crippen LogP contribution is -2.45. The average molecular weight is 985 g/mol. The number of amides is 1. The third kappa shape index (κ3) is 53.1. The lowest BCUT2D eigenvalue weighted by molar-refractivity contribution is -0.870. The molecule has 8 nitrogen and oxygen atoms in total. The first kappa shape index (κ1) is 66.4. The molecule has 0 aromatic carbocycles. The van der Waals surface area contributed by atoms with Crippen LogP contribution in [0, 0.1) is 0 Å². The zero-order chi connectivity index (χ0) is 50.6. The number of unbranched alkanes of at least 4 members (excludes halogenated alkanes) is 23. The molecular formula is C60H108N2O6P+. The molecule has 9 heteroatoms. The number of quaternary nitrogens is 1. The maximum Gasteiger partial charge on any atom is 0.472 e. The number of nitrogens with zero attached hydrogens (tertiary/aromatic N) is 1. The Morgan fingerprint density at radius 1 is 0.507 bits per heavy atom. The summed E-state index contributed by atoms with van der Waals surface area (Å²) >= 11 is 0. The van der Waals surface area contributed by atoms with Crippen LogP contribution in [0.2, 0.25) is 0 Å². The number of nitrogens with one attached hydrogen (secondary N) is 1. The Morgan fingerprint density at radius 2 is 0.870 bits per heavy atom. The van der Waals surface area contributed by atoms with Crippen molar-refractivity contribution in [2.45, 2.75) is 238 Å². The number of aliphatic hydroxyl groups excluding tert-OH is 1. The molecule has 0 saturated heterocycles. The summed E-state index contributed by atoms with van der Waals surface area (Å²) in [6.07, 6.45) is 72.1. The van der Waals surface area contributed by atoms with Gasteiger partial charge in [-0.3, -0.25) is 13.8 Å². The van der Waals surface area contributed by atoms with Crippen LogP contribution in [0.4, 0.5) is 0 Å². The largest absolute Gasteiger partial charge is 0.472 e. The molecule has 69 heavy (non-hydrogen) atoms. The SMILES string of the molecule is CC/C=C\C/C=C\C/C=C\C/C=C\C/C=C\C/C=C\C/C=C\CCCCCCCC(=O)NC(COP(=O)(O)OCC[N+](C)(C)C)C(O)/C=C/CCCCCCCCCCCCCCCCCCCC. The smallest absolute Gasteiger partial charge is 0.387 e. The number of aliphatic hydroxyl groups is 1. The fourth-order valence-corrected chi connectivity index (χ4v) is 8.40. The van der Waals surface area contributed by atoms with Crippen LogP contribution in [0.5, 0.6) is 0 Å². The molecule has 0 aliphatic carbocycles. The fourth-order valence-electron chi connectivity index (χ4n) is 7.67. The number of carbonyl (C=O) groups is 1. The van der Waals surface area contributed by atoms with Crippen LogP contribution in [0.15, 0.2) is 97.2 Å². The van der Waals surface area contributed by atoms with Gasteiger partial charge in [-0.05, 0) is 77.0 Å². The van der Waals surface area contributed by atoms with Gasteiger partial charge in [0.2, 0.25) is 5.91 Å². The molecule has 0 bridgehead atoms. The van der Waals surface area contributed by atoms with E-state index in [1.807, 2.05) is 27.2 Å². The van der Waals surface area contributed by atoms with Crippen molar-refractivity contribution >= 4 is 13.7 Å². The van der Waals surface area contributed by atoms with Gasteiger partial charge in [0, 0.05) is 6.42 Å². The average Bonchev–Trinajstić information content (AvgIpc) is 3.31. The monoisotopic (exact) mass is 984 g/mol. The predicted molar refractivity (Wildman–Crippen MR) is 299 cm³/mol. The van der Waals surface area contributed by atoms with Crippen molar-refractivity contribution in [3.8, 4) is 0 Å². The van der Waals surface area contributed by atoms with E-state index in [4.69, 9.17) is 9.05 Å². The van der Waals surface area contributed by atoms with E-state index in [1.165, 1.54) is 103 Å². The van der Waals surface area contributed by atoms with Gasteiger partial charge in [-0.1, -0.05) is 239 Å². The Bertz CT molecular complexity index is 1440. The van der Waals surface area contributed by atoms with Crippen LogP contribution in [0.1, 0.15) is 226 Å². The molecule has 3 N–H and O–H groups in total. The topological polar surface area (TPSA) is 105 Å². The fraction of sp³-hybridized carbons (Fsp3) is 0.717. The summed E-state index contributed by atoms with van der Waals surface area (Å²) in [7, 11) is 1.55. The number of rotatable bonds is 50. The molecule has 0 aliphatic rings. The number of hydrogen-bond acceptors (Lipinski definition) is 5. The highest BCUT2D eigenvalue weighted by Crippen LogP contribution is 2.43. The quantitative estimate of drug-likeness (QED) is 0.0243. The first-order valence-corrected chi connectivity index (χ1v) is 29.6. The summed E-state index contributed by atoms with van der Waals surface area (Å²) in [5, 5.41) is 13.9. The van der Waals surface area contributed by atoms with Crippen LogP contribution in [-0.4, -0.2) is 73.4 Å². The van der Waals surface area contributed by atoms with Crippen LogP contribution in [0.3, 0.4) is 0 Å². The highest BCUT2D eigenvalue weighted by Gasteiger charge is 2.27. The first-order chi connectivity index (χ1) is 33.5. The van der Waals surface area contributed by atoms with Gasteiger partial charge in [0.1, 0.15) is 13.2 Å². The van der Waals surface area contributed by atoms with E-state index in [0.717, 1.165) is 103 Å². The van der Waals surface area contributed by atoms with Gasteiger partial charge in [-0.2, -0.15) is 0 Å². The molecule has 3 unspecified atom stereocenters. The third-order valence-corrected chi connectivity index (χ3v) is 13.0. The van der Waals surface area contributed by atoms with Crippen molar-refractivity contribution in [3.63, 3.8) is 0 Å². The van der Waals surface area contributed by atoms with Gasteiger partial charge < -0.3 is 19.8 Å². The zero-order valence-corrected chi connectivity index (χ0v) is 46.2. The Labute approximate surface area is 426 Å². The van der Waals surface area contributed by atoms with Gasteiger partial charge in [0.05, 0.1) is 39.9 Å². The minimum Gasteiger partial charge on any atom is -0.387 e. The molecule has 0 rings (SSSR count). The minimum absolute atomic E-state index is 0.0524. The number of phosphoric ester groups is 1. The summed E-state index contributed by atoms with van der Waals surface area (Å²) in [4.78, 5) is 23.3. The summed E-state index contributed by atoms with van der Waals surface area (Å²) in [6.45, 7) is 4.69. The second-order valence-corrected chi connectivity index (χ2v) is 21.4. The van der Waals surface area contributed by atoms with E-state index in [9.17, 15) is 19.4 Å². The summed E-state index contributed by atoms with van der Waals surface area (Å²) in [5.74, 6) is -0.199. The first-order valence-electron chi connectivity index (χ1n) is 28.1. The Balaban J connectivity index is 4.33. The number of phosphoric acid groups is 1.